The van der Waals surface area contributed by atoms with Gasteiger partial charge in [-0.3, -0.25) is 9.59 Å². The van der Waals surface area contributed by atoms with Crippen LogP contribution in [0.15, 0.2) is 41.3 Å². The maximum Gasteiger partial charge on any atom is 0.268 e. The Morgan fingerprint density at radius 1 is 1.12 bits per heavy atom. The molecule has 0 saturated heterocycles. The Morgan fingerprint density at radius 3 is 2.58 bits per heavy atom. The average Bonchev–Trinajstić information content (AvgIpc) is 3.00. The predicted octanol–water partition coefficient (Wildman–Crippen LogP) is 1.82. The van der Waals surface area contributed by atoms with Crippen LogP contribution in [0.1, 0.15) is 16.1 Å². The molecule has 2 heterocycles. The Bertz CT molecular complexity index is 1030. The van der Waals surface area contributed by atoms with E-state index in [4.69, 9.17) is 9.47 Å². The molecule has 26 heavy (non-hydrogen) atoms. The van der Waals surface area contributed by atoms with Crippen LogP contribution in [0.2, 0.25) is 0 Å². The summed E-state index contributed by atoms with van der Waals surface area (Å²) in [5, 5.41) is 3.39. The SMILES string of the molecule is COc1ccc(CNC(=O)c2cc3c(=O)n(C)ccc3n2C)c(OC)c1. The third-order valence-corrected chi connectivity index (χ3v) is 4.45. The van der Waals surface area contributed by atoms with Gasteiger partial charge in [-0.25, -0.2) is 0 Å². The second-order valence-corrected chi connectivity index (χ2v) is 5.98. The van der Waals surface area contributed by atoms with Crippen molar-refractivity contribution >= 4 is 16.8 Å². The molecule has 0 spiro atoms. The van der Waals surface area contributed by atoms with Crippen molar-refractivity contribution < 1.29 is 14.3 Å². The first-order valence-electron chi connectivity index (χ1n) is 8.10. The number of ether oxygens (including phenoxy) is 2. The molecule has 7 heteroatoms. The number of fused-ring (bicyclic) bond motifs is 1. The van der Waals surface area contributed by atoms with E-state index in [9.17, 15) is 9.59 Å². The first-order valence-corrected chi connectivity index (χ1v) is 8.10. The number of aryl methyl sites for hydroxylation is 2. The van der Waals surface area contributed by atoms with E-state index in [-0.39, 0.29) is 11.5 Å². The molecule has 0 bridgehead atoms. The largest absolute Gasteiger partial charge is 0.497 e. The first kappa shape index (κ1) is 17.6. The molecule has 2 aromatic heterocycles. The molecule has 7 nitrogen and oxygen atoms in total. The molecule has 0 aliphatic rings. The lowest BCUT2D eigenvalue weighted by atomic mass is 10.2. The minimum atomic E-state index is -0.261. The van der Waals surface area contributed by atoms with Crippen LogP contribution >= 0.6 is 0 Å². The molecule has 1 aromatic carbocycles. The molecule has 0 aliphatic heterocycles. The zero-order valence-electron chi connectivity index (χ0n) is 15.2. The highest BCUT2D eigenvalue weighted by atomic mass is 16.5. The summed E-state index contributed by atoms with van der Waals surface area (Å²) < 4.78 is 13.7. The Labute approximate surface area is 150 Å². The van der Waals surface area contributed by atoms with E-state index in [0.29, 0.717) is 29.1 Å². The Kier molecular flexibility index (Phi) is 4.71. The van der Waals surface area contributed by atoms with E-state index >= 15 is 0 Å². The number of nitrogens with zero attached hydrogens (tertiary/aromatic N) is 2. The summed E-state index contributed by atoms with van der Waals surface area (Å²) in [6.07, 6.45) is 1.69. The Balaban J connectivity index is 1.85. The average molecular weight is 355 g/mol. The van der Waals surface area contributed by atoms with Gasteiger partial charge in [-0.1, -0.05) is 0 Å². The molecule has 3 rings (SSSR count). The molecule has 0 fully saturated rings. The van der Waals surface area contributed by atoms with Crippen molar-refractivity contribution in [2.75, 3.05) is 14.2 Å². The number of hydrogen-bond donors (Lipinski definition) is 1. The van der Waals surface area contributed by atoms with Gasteiger partial charge in [0.25, 0.3) is 11.5 Å². The topological polar surface area (TPSA) is 74.5 Å². The van der Waals surface area contributed by atoms with Gasteiger partial charge < -0.3 is 23.9 Å². The molecule has 0 atom stereocenters. The molecule has 1 amide bonds. The molecule has 0 unspecified atom stereocenters. The predicted molar refractivity (Wildman–Crippen MR) is 98.9 cm³/mol. The van der Waals surface area contributed by atoms with Crippen LogP contribution in [-0.4, -0.2) is 29.3 Å². The summed E-state index contributed by atoms with van der Waals surface area (Å²) in [5.41, 5.74) is 1.85. The van der Waals surface area contributed by atoms with E-state index in [1.54, 1.807) is 51.2 Å². The van der Waals surface area contributed by atoms with Crippen molar-refractivity contribution in [3.63, 3.8) is 0 Å². The zero-order chi connectivity index (χ0) is 18.8. The lowest BCUT2D eigenvalue weighted by Crippen LogP contribution is -2.25. The quantitative estimate of drug-likeness (QED) is 0.758. The summed E-state index contributed by atoms with van der Waals surface area (Å²) >= 11 is 0. The highest BCUT2D eigenvalue weighted by Crippen LogP contribution is 2.24. The zero-order valence-corrected chi connectivity index (χ0v) is 15.2. The number of aromatic nitrogens is 2. The van der Waals surface area contributed by atoms with Crippen LogP contribution in [0.3, 0.4) is 0 Å². The minimum absolute atomic E-state index is 0.131. The molecule has 0 aliphatic carbocycles. The van der Waals surface area contributed by atoms with Crippen molar-refractivity contribution in [1.82, 2.24) is 14.5 Å². The van der Waals surface area contributed by atoms with Crippen LogP contribution in [0.25, 0.3) is 10.9 Å². The summed E-state index contributed by atoms with van der Waals surface area (Å²) in [6, 6.07) is 8.86. The van der Waals surface area contributed by atoms with Crippen molar-refractivity contribution in [1.29, 1.82) is 0 Å². The van der Waals surface area contributed by atoms with Crippen molar-refractivity contribution in [3.8, 4) is 11.5 Å². The Hall–Kier alpha value is -3.22. The number of carbonyl (C=O) groups excluding carboxylic acids is 1. The van der Waals surface area contributed by atoms with E-state index in [0.717, 1.165) is 11.1 Å². The van der Waals surface area contributed by atoms with Crippen molar-refractivity contribution in [2.24, 2.45) is 14.1 Å². The number of rotatable bonds is 5. The third kappa shape index (κ3) is 3.03. The number of carbonyl (C=O) groups is 1. The molecular weight excluding hydrogens is 334 g/mol. The fraction of sp³-hybridized carbons (Fsp3) is 0.263. The lowest BCUT2D eigenvalue weighted by molar-refractivity contribution is 0.0943. The van der Waals surface area contributed by atoms with Crippen LogP contribution < -0.4 is 20.3 Å². The summed E-state index contributed by atoms with van der Waals surface area (Å²) in [4.78, 5) is 24.9. The van der Waals surface area contributed by atoms with Crippen molar-refractivity contribution in [2.45, 2.75) is 6.54 Å². The maximum absolute atomic E-state index is 12.6. The van der Waals surface area contributed by atoms with Crippen molar-refractivity contribution in [3.05, 3.63) is 58.1 Å². The summed E-state index contributed by atoms with van der Waals surface area (Å²) in [7, 11) is 6.61. The number of hydrogen-bond acceptors (Lipinski definition) is 4. The van der Waals surface area contributed by atoms with E-state index in [1.165, 1.54) is 4.57 Å². The number of methoxy groups -OCH3 is 2. The van der Waals surface area contributed by atoms with Gasteiger partial charge in [-0.05, 0) is 24.3 Å². The normalized spacial score (nSPS) is 10.8. The van der Waals surface area contributed by atoms with Gasteiger partial charge in [0, 0.05) is 38.5 Å². The fourth-order valence-corrected chi connectivity index (χ4v) is 2.91. The van der Waals surface area contributed by atoms with Gasteiger partial charge in [-0.2, -0.15) is 0 Å². The molecule has 136 valence electrons. The summed E-state index contributed by atoms with van der Waals surface area (Å²) in [6.45, 7) is 0.297. The summed E-state index contributed by atoms with van der Waals surface area (Å²) in [5.74, 6) is 1.06. The van der Waals surface area contributed by atoms with Crippen LogP contribution in [-0.2, 0) is 20.6 Å². The van der Waals surface area contributed by atoms with Gasteiger partial charge in [0.15, 0.2) is 0 Å². The van der Waals surface area contributed by atoms with E-state index < -0.39 is 0 Å². The maximum atomic E-state index is 12.6. The lowest BCUT2D eigenvalue weighted by Gasteiger charge is -2.11. The molecule has 0 saturated carbocycles. The number of amides is 1. The second kappa shape index (κ2) is 6.95. The number of pyridine rings is 1. The van der Waals surface area contributed by atoms with Crippen LogP contribution in [0.4, 0.5) is 0 Å². The molecule has 0 radical (unpaired) electrons. The monoisotopic (exact) mass is 355 g/mol. The molecule has 3 aromatic rings. The van der Waals surface area contributed by atoms with Gasteiger partial charge in [0.1, 0.15) is 17.2 Å². The van der Waals surface area contributed by atoms with Gasteiger partial charge in [0.2, 0.25) is 0 Å². The van der Waals surface area contributed by atoms with Crippen LogP contribution in [0.5, 0.6) is 11.5 Å². The number of benzene rings is 1. The minimum Gasteiger partial charge on any atom is -0.497 e. The standard InChI is InChI=1S/C19H21N3O4/c1-21-8-7-15-14(19(21)24)10-16(22(15)2)18(23)20-11-12-5-6-13(25-3)9-17(12)26-4/h5-10H,11H2,1-4H3,(H,20,23). The highest BCUT2D eigenvalue weighted by Gasteiger charge is 2.16. The van der Waals surface area contributed by atoms with E-state index in [2.05, 4.69) is 5.32 Å². The van der Waals surface area contributed by atoms with Gasteiger partial charge in [0.05, 0.1) is 25.1 Å². The number of nitrogens with one attached hydrogen (secondary N) is 1. The fourth-order valence-electron chi connectivity index (χ4n) is 2.91. The van der Waals surface area contributed by atoms with Crippen LogP contribution in [0, 0.1) is 0 Å². The van der Waals surface area contributed by atoms with Gasteiger partial charge in [-0.15, -0.1) is 0 Å². The van der Waals surface area contributed by atoms with Gasteiger partial charge >= 0.3 is 0 Å². The highest BCUT2D eigenvalue weighted by molar-refractivity contribution is 5.98. The molecule has 1 N–H and O–H groups in total. The second-order valence-electron chi connectivity index (χ2n) is 5.98. The Morgan fingerprint density at radius 2 is 1.88 bits per heavy atom. The molecular formula is C19H21N3O4. The smallest absolute Gasteiger partial charge is 0.268 e. The third-order valence-electron chi connectivity index (χ3n) is 4.45. The first-order chi connectivity index (χ1) is 12.5. The van der Waals surface area contributed by atoms with E-state index in [1.807, 2.05) is 18.2 Å².